The molecule has 0 radical (unpaired) electrons. The van der Waals surface area contributed by atoms with Crippen LogP contribution in [0.2, 0.25) is 0 Å². The van der Waals surface area contributed by atoms with E-state index >= 15 is 0 Å². The fourth-order valence-corrected chi connectivity index (χ4v) is 5.34. The molecule has 0 bridgehead atoms. The molecule has 1 heterocycles. The van der Waals surface area contributed by atoms with Gasteiger partial charge in [-0.25, -0.2) is 18.1 Å². The van der Waals surface area contributed by atoms with Crippen LogP contribution in [0.3, 0.4) is 0 Å². The molecule has 1 N–H and O–H groups in total. The van der Waals surface area contributed by atoms with Gasteiger partial charge in [0.2, 0.25) is 9.84 Å². The molecule has 0 aromatic heterocycles. The molecule has 0 spiro atoms. The van der Waals surface area contributed by atoms with Gasteiger partial charge in [0.1, 0.15) is 0 Å². The zero-order valence-electron chi connectivity index (χ0n) is 18.1. The molecule has 4 aromatic carbocycles. The van der Waals surface area contributed by atoms with Crippen molar-refractivity contribution < 1.29 is 27.9 Å². The van der Waals surface area contributed by atoms with Crippen LogP contribution in [0.4, 0.5) is 5.69 Å². The van der Waals surface area contributed by atoms with Crippen molar-refractivity contribution in [2.24, 2.45) is 0 Å². The Bertz CT molecular complexity index is 1610. The van der Waals surface area contributed by atoms with Crippen LogP contribution in [-0.2, 0) is 9.84 Å². The first-order valence-corrected chi connectivity index (χ1v) is 12.0. The summed E-state index contributed by atoms with van der Waals surface area (Å²) in [5.41, 5.74) is 1.96. The number of nitrogens with zero attached hydrogens (tertiary/aromatic N) is 1. The first-order valence-electron chi connectivity index (χ1n) is 10.5. The van der Waals surface area contributed by atoms with Crippen LogP contribution >= 0.6 is 0 Å². The highest BCUT2D eigenvalue weighted by molar-refractivity contribution is 7.91. The van der Waals surface area contributed by atoms with Crippen molar-refractivity contribution in [2.45, 2.75) is 9.79 Å². The highest BCUT2D eigenvalue weighted by atomic mass is 32.2. The van der Waals surface area contributed by atoms with Crippen LogP contribution in [0.5, 0.6) is 0 Å². The average molecular weight is 484 g/mol. The van der Waals surface area contributed by atoms with Crippen molar-refractivity contribution >= 4 is 33.3 Å². The SMILES string of the molecule is O=C(O)c1ccc(S(=O)(=O)c2ccc3c(c2)C(=O)N(c2ccccc2-c2ccccc2)C3=O)cc1. The lowest BCUT2D eigenvalue weighted by molar-refractivity contribution is 0.0696. The molecular weight excluding hydrogens is 466 g/mol. The number of carbonyl (C=O) groups is 3. The van der Waals surface area contributed by atoms with Gasteiger partial charge in [-0.3, -0.25) is 9.59 Å². The predicted octanol–water partition coefficient (Wildman–Crippen LogP) is 4.69. The zero-order chi connectivity index (χ0) is 24.7. The van der Waals surface area contributed by atoms with Gasteiger partial charge in [0.15, 0.2) is 0 Å². The summed E-state index contributed by atoms with van der Waals surface area (Å²) in [7, 11) is -4.05. The Hall–Kier alpha value is -4.56. The normalized spacial score (nSPS) is 13.1. The van der Waals surface area contributed by atoms with Crippen molar-refractivity contribution in [1.29, 1.82) is 0 Å². The number of sulfone groups is 1. The Morgan fingerprint density at radius 1 is 0.657 bits per heavy atom. The maximum atomic E-state index is 13.4. The van der Waals surface area contributed by atoms with E-state index in [2.05, 4.69) is 0 Å². The molecule has 1 aliphatic heterocycles. The largest absolute Gasteiger partial charge is 0.478 e. The standard InChI is InChI=1S/C27H17NO6S/c29-25-22-15-14-20(35(33,34)19-12-10-18(11-13-19)27(31)32)16-23(22)26(30)28(25)24-9-5-4-8-21(24)17-6-2-1-3-7-17/h1-16H,(H,31,32). The number of benzene rings is 4. The third kappa shape index (κ3) is 3.70. The molecule has 0 atom stereocenters. The highest BCUT2D eigenvalue weighted by Crippen LogP contribution is 2.37. The van der Waals surface area contributed by atoms with Gasteiger partial charge < -0.3 is 5.11 Å². The van der Waals surface area contributed by atoms with E-state index in [4.69, 9.17) is 5.11 Å². The Kier molecular flexibility index (Phi) is 5.30. The molecule has 172 valence electrons. The number of anilines is 1. The summed E-state index contributed by atoms with van der Waals surface area (Å²) in [6.07, 6.45) is 0. The number of aromatic carboxylic acids is 1. The quantitative estimate of drug-likeness (QED) is 0.413. The third-order valence-electron chi connectivity index (χ3n) is 5.81. The minimum atomic E-state index is -4.05. The number of carbonyl (C=O) groups excluding carboxylic acids is 2. The van der Waals surface area contributed by atoms with E-state index in [-0.39, 0.29) is 26.5 Å². The van der Waals surface area contributed by atoms with Crippen LogP contribution in [-0.4, -0.2) is 31.3 Å². The minimum Gasteiger partial charge on any atom is -0.478 e. The predicted molar refractivity (Wildman–Crippen MR) is 128 cm³/mol. The van der Waals surface area contributed by atoms with Gasteiger partial charge in [-0.2, -0.15) is 0 Å². The second-order valence-electron chi connectivity index (χ2n) is 7.87. The van der Waals surface area contributed by atoms with Gasteiger partial charge in [0.25, 0.3) is 11.8 Å². The summed E-state index contributed by atoms with van der Waals surface area (Å²) in [5.74, 6) is -2.33. The van der Waals surface area contributed by atoms with E-state index in [1.807, 2.05) is 42.5 Å². The lowest BCUT2D eigenvalue weighted by atomic mass is 10.0. The number of carboxylic acids is 1. The molecule has 35 heavy (non-hydrogen) atoms. The molecule has 1 aliphatic rings. The maximum Gasteiger partial charge on any atom is 0.335 e. The van der Waals surface area contributed by atoms with E-state index in [0.717, 1.165) is 10.5 Å². The van der Waals surface area contributed by atoms with Crippen LogP contribution < -0.4 is 4.90 Å². The molecule has 0 saturated carbocycles. The summed E-state index contributed by atoms with van der Waals surface area (Å²) in [6.45, 7) is 0. The minimum absolute atomic E-state index is 0.0129. The van der Waals surface area contributed by atoms with Crippen LogP contribution in [0.15, 0.2) is 107 Å². The third-order valence-corrected chi connectivity index (χ3v) is 7.58. The number of rotatable bonds is 5. The van der Waals surface area contributed by atoms with Gasteiger partial charge in [0.05, 0.1) is 32.2 Å². The zero-order valence-corrected chi connectivity index (χ0v) is 18.9. The van der Waals surface area contributed by atoms with Gasteiger partial charge in [-0.1, -0.05) is 48.5 Å². The number of hydrogen-bond donors (Lipinski definition) is 1. The Balaban J connectivity index is 1.55. The lowest BCUT2D eigenvalue weighted by Gasteiger charge is -2.18. The molecule has 7 nitrogen and oxygen atoms in total. The molecule has 0 aliphatic carbocycles. The smallest absolute Gasteiger partial charge is 0.335 e. The van der Waals surface area contributed by atoms with E-state index in [9.17, 15) is 22.8 Å². The Morgan fingerprint density at radius 2 is 1.26 bits per heavy atom. The molecule has 5 rings (SSSR count). The molecule has 2 amide bonds. The fraction of sp³-hybridized carbons (Fsp3) is 0. The topological polar surface area (TPSA) is 109 Å². The number of fused-ring (bicyclic) bond motifs is 1. The lowest BCUT2D eigenvalue weighted by Crippen LogP contribution is -2.29. The summed E-state index contributed by atoms with van der Waals surface area (Å²) >= 11 is 0. The second kappa shape index (κ2) is 8.34. The van der Waals surface area contributed by atoms with E-state index in [0.29, 0.717) is 11.3 Å². The summed E-state index contributed by atoms with van der Waals surface area (Å²) < 4.78 is 26.3. The Labute approximate surface area is 200 Å². The van der Waals surface area contributed by atoms with Crippen molar-refractivity contribution in [1.82, 2.24) is 0 Å². The number of hydrogen-bond acceptors (Lipinski definition) is 5. The molecule has 0 fully saturated rings. The molecule has 8 heteroatoms. The highest BCUT2D eigenvalue weighted by Gasteiger charge is 2.38. The maximum absolute atomic E-state index is 13.4. The molecule has 0 saturated heterocycles. The molecule has 0 unspecified atom stereocenters. The molecular formula is C27H17NO6S. The second-order valence-corrected chi connectivity index (χ2v) is 9.82. The van der Waals surface area contributed by atoms with E-state index < -0.39 is 27.6 Å². The van der Waals surface area contributed by atoms with E-state index in [1.165, 1.54) is 42.5 Å². The monoisotopic (exact) mass is 483 g/mol. The van der Waals surface area contributed by atoms with Crippen LogP contribution in [0.25, 0.3) is 11.1 Å². The van der Waals surface area contributed by atoms with Gasteiger partial charge in [-0.15, -0.1) is 0 Å². The van der Waals surface area contributed by atoms with Gasteiger partial charge >= 0.3 is 5.97 Å². The first-order chi connectivity index (χ1) is 16.8. The van der Waals surface area contributed by atoms with Crippen LogP contribution in [0, 0.1) is 0 Å². The number of carboxylic acid groups (broad SMARTS) is 1. The average Bonchev–Trinajstić information content (AvgIpc) is 3.13. The Morgan fingerprint density at radius 3 is 1.94 bits per heavy atom. The molecule has 4 aromatic rings. The fourth-order valence-electron chi connectivity index (χ4n) is 4.05. The van der Waals surface area contributed by atoms with Crippen molar-refractivity contribution in [3.8, 4) is 11.1 Å². The van der Waals surface area contributed by atoms with Gasteiger partial charge in [-0.05, 0) is 54.1 Å². The van der Waals surface area contributed by atoms with Crippen molar-refractivity contribution in [3.63, 3.8) is 0 Å². The van der Waals surface area contributed by atoms with E-state index in [1.54, 1.807) is 12.1 Å². The van der Waals surface area contributed by atoms with Crippen LogP contribution in [0.1, 0.15) is 31.1 Å². The summed E-state index contributed by atoms with van der Waals surface area (Å²) in [5, 5.41) is 9.04. The van der Waals surface area contributed by atoms with Crippen molar-refractivity contribution in [3.05, 3.63) is 114 Å². The summed E-state index contributed by atoms with van der Waals surface area (Å²) in [4.78, 5) is 38.4. The number of para-hydroxylation sites is 1. The number of amides is 2. The van der Waals surface area contributed by atoms with Gasteiger partial charge in [0, 0.05) is 5.56 Å². The summed E-state index contributed by atoms with van der Waals surface area (Å²) in [6, 6.07) is 24.9. The first kappa shape index (κ1) is 22.2. The van der Waals surface area contributed by atoms with Crippen molar-refractivity contribution in [2.75, 3.05) is 4.90 Å². The number of imide groups is 1.